The lowest BCUT2D eigenvalue weighted by molar-refractivity contribution is 0.485. The minimum Gasteiger partial charge on any atom is -0.369 e. The Hall–Kier alpha value is -1.07. The van der Waals surface area contributed by atoms with Gasteiger partial charge in [-0.1, -0.05) is 26.0 Å². The Bertz CT molecular complexity index is 454. The predicted molar refractivity (Wildman–Crippen MR) is 65.2 cm³/mol. The van der Waals surface area contributed by atoms with Gasteiger partial charge in [0.05, 0.1) is 0 Å². The van der Waals surface area contributed by atoms with Crippen molar-refractivity contribution in [3.8, 4) is 0 Å². The molecule has 1 rings (SSSR count). The number of anilines is 1. The normalized spacial score (nSPS) is 11.4. The van der Waals surface area contributed by atoms with Crippen LogP contribution in [0.2, 0.25) is 0 Å². The molecule has 0 bridgehead atoms. The molecule has 16 heavy (non-hydrogen) atoms. The first-order valence-corrected chi connectivity index (χ1v) is 6.88. The first-order valence-electron chi connectivity index (χ1n) is 5.27. The summed E-state index contributed by atoms with van der Waals surface area (Å²) in [4.78, 5) is 0. The molecule has 0 heterocycles. The van der Waals surface area contributed by atoms with Gasteiger partial charge in [0, 0.05) is 5.69 Å². The molecule has 0 radical (unpaired) electrons. The van der Waals surface area contributed by atoms with E-state index in [0.29, 0.717) is 0 Å². The second-order valence-corrected chi connectivity index (χ2v) is 5.05. The van der Waals surface area contributed by atoms with Crippen molar-refractivity contribution in [3.05, 3.63) is 29.3 Å². The topological polar surface area (TPSA) is 66.4 Å². The quantitative estimate of drug-likeness (QED) is 0.777. The molecule has 0 spiro atoms. The van der Waals surface area contributed by atoms with Crippen LogP contribution in [0.3, 0.4) is 0 Å². The monoisotopic (exact) mass is 243 g/mol. The van der Waals surface area contributed by atoms with Gasteiger partial charge in [-0.05, 0) is 30.0 Å². The number of aryl methyl sites for hydroxylation is 2. The van der Waals surface area contributed by atoms with E-state index in [4.69, 9.17) is 4.55 Å². The minimum absolute atomic E-state index is 0.451. The first kappa shape index (κ1) is 13.0. The minimum atomic E-state index is -3.98. The number of hydrogen-bond donors (Lipinski definition) is 2. The van der Waals surface area contributed by atoms with Crippen LogP contribution in [-0.4, -0.2) is 18.8 Å². The first-order chi connectivity index (χ1) is 7.46. The molecule has 0 aromatic heterocycles. The maximum absolute atomic E-state index is 10.7. The molecule has 1 aromatic carbocycles. The maximum atomic E-state index is 10.7. The predicted octanol–water partition coefficient (Wildman–Crippen LogP) is 2.07. The Balaban J connectivity index is 2.91. The second kappa shape index (κ2) is 5.32. The molecule has 0 saturated carbocycles. The zero-order valence-corrected chi connectivity index (χ0v) is 10.3. The van der Waals surface area contributed by atoms with Crippen molar-refractivity contribution in [1.82, 2.24) is 0 Å². The SMILES string of the molecule is CCc1ccc(CC)c(NCS(=O)(=O)O)c1. The number of benzene rings is 1. The molecule has 5 heteroatoms. The van der Waals surface area contributed by atoms with Crippen molar-refractivity contribution in [3.63, 3.8) is 0 Å². The highest BCUT2D eigenvalue weighted by molar-refractivity contribution is 7.85. The lowest BCUT2D eigenvalue weighted by Crippen LogP contribution is -2.14. The van der Waals surface area contributed by atoms with E-state index in [1.54, 1.807) is 0 Å². The zero-order chi connectivity index (χ0) is 12.2. The fourth-order valence-electron chi connectivity index (χ4n) is 1.49. The highest BCUT2D eigenvalue weighted by Gasteiger charge is 2.06. The Morgan fingerprint density at radius 2 is 1.94 bits per heavy atom. The van der Waals surface area contributed by atoms with Gasteiger partial charge in [0.1, 0.15) is 5.88 Å². The summed E-state index contributed by atoms with van der Waals surface area (Å²) >= 11 is 0. The molecule has 0 amide bonds. The third-order valence-electron chi connectivity index (χ3n) is 2.41. The van der Waals surface area contributed by atoms with Crippen LogP contribution in [0.1, 0.15) is 25.0 Å². The molecular weight excluding hydrogens is 226 g/mol. The van der Waals surface area contributed by atoms with Crippen LogP contribution in [0.4, 0.5) is 5.69 Å². The summed E-state index contributed by atoms with van der Waals surface area (Å²) in [7, 11) is -3.98. The lowest BCUT2D eigenvalue weighted by atomic mass is 10.1. The van der Waals surface area contributed by atoms with Crippen molar-refractivity contribution in [2.24, 2.45) is 0 Å². The molecule has 0 aliphatic heterocycles. The summed E-state index contributed by atoms with van der Waals surface area (Å²) in [6.07, 6.45) is 1.71. The van der Waals surface area contributed by atoms with E-state index in [9.17, 15) is 8.42 Å². The van der Waals surface area contributed by atoms with Crippen LogP contribution in [0.15, 0.2) is 18.2 Å². The van der Waals surface area contributed by atoms with Gasteiger partial charge in [-0.25, -0.2) is 0 Å². The molecule has 0 saturated heterocycles. The average Bonchev–Trinajstić information content (AvgIpc) is 2.25. The van der Waals surface area contributed by atoms with Crippen LogP contribution in [0, 0.1) is 0 Å². The number of rotatable bonds is 5. The van der Waals surface area contributed by atoms with Crippen LogP contribution in [0.5, 0.6) is 0 Å². The zero-order valence-electron chi connectivity index (χ0n) is 9.53. The average molecular weight is 243 g/mol. The molecule has 0 aliphatic rings. The Morgan fingerprint density at radius 3 is 2.44 bits per heavy atom. The van der Waals surface area contributed by atoms with Crippen LogP contribution < -0.4 is 5.32 Å². The molecule has 0 aliphatic carbocycles. The molecule has 0 fully saturated rings. The molecule has 0 unspecified atom stereocenters. The van der Waals surface area contributed by atoms with E-state index in [1.807, 2.05) is 32.0 Å². The molecule has 2 N–H and O–H groups in total. The summed E-state index contributed by atoms with van der Waals surface area (Å²) in [6, 6.07) is 5.92. The summed E-state index contributed by atoms with van der Waals surface area (Å²) in [6.45, 7) is 4.03. The highest BCUT2D eigenvalue weighted by atomic mass is 32.2. The largest absolute Gasteiger partial charge is 0.369 e. The van der Waals surface area contributed by atoms with E-state index in [2.05, 4.69) is 5.32 Å². The maximum Gasteiger partial charge on any atom is 0.283 e. The van der Waals surface area contributed by atoms with Crippen LogP contribution in [0.25, 0.3) is 0 Å². The summed E-state index contributed by atoms with van der Waals surface area (Å²) in [5, 5.41) is 2.74. The second-order valence-electron chi connectivity index (χ2n) is 3.60. The van der Waals surface area contributed by atoms with Gasteiger partial charge in [-0.15, -0.1) is 0 Å². The summed E-state index contributed by atoms with van der Waals surface area (Å²) in [5.41, 5.74) is 2.95. The summed E-state index contributed by atoms with van der Waals surface area (Å²) < 4.78 is 30.0. The van der Waals surface area contributed by atoms with Crippen molar-refractivity contribution in [1.29, 1.82) is 0 Å². The van der Waals surface area contributed by atoms with Crippen molar-refractivity contribution in [2.75, 3.05) is 11.2 Å². The molecule has 0 atom stereocenters. The standard InChI is InChI=1S/C11H17NO3S/c1-3-9-5-6-10(4-2)11(7-9)12-8-16(13,14)15/h5-7,12H,3-4,8H2,1-2H3,(H,13,14,15). The smallest absolute Gasteiger partial charge is 0.283 e. The van der Waals surface area contributed by atoms with Gasteiger partial charge in [0.2, 0.25) is 0 Å². The van der Waals surface area contributed by atoms with E-state index in [-0.39, 0.29) is 0 Å². The van der Waals surface area contributed by atoms with Gasteiger partial charge in [0.25, 0.3) is 10.1 Å². The molecule has 90 valence electrons. The van der Waals surface area contributed by atoms with Crippen LogP contribution in [-0.2, 0) is 23.0 Å². The van der Waals surface area contributed by atoms with Gasteiger partial charge in [-0.2, -0.15) is 8.42 Å². The third-order valence-corrected chi connectivity index (χ3v) is 2.92. The fourth-order valence-corrected chi connectivity index (χ4v) is 1.82. The van der Waals surface area contributed by atoms with Gasteiger partial charge < -0.3 is 5.32 Å². The van der Waals surface area contributed by atoms with Crippen molar-refractivity contribution >= 4 is 15.8 Å². The van der Waals surface area contributed by atoms with E-state index in [1.165, 1.54) is 0 Å². The van der Waals surface area contributed by atoms with Gasteiger partial charge in [0.15, 0.2) is 0 Å². The molecule has 4 nitrogen and oxygen atoms in total. The highest BCUT2D eigenvalue weighted by Crippen LogP contribution is 2.19. The van der Waals surface area contributed by atoms with E-state index in [0.717, 1.165) is 29.7 Å². The molecule has 1 aromatic rings. The number of nitrogens with one attached hydrogen (secondary N) is 1. The summed E-state index contributed by atoms with van der Waals surface area (Å²) in [5.74, 6) is -0.451. The van der Waals surface area contributed by atoms with E-state index >= 15 is 0 Å². The Morgan fingerprint density at radius 1 is 1.25 bits per heavy atom. The Labute approximate surface area is 96.4 Å². The third kappa shape index (κ3) is 3.83. The van der Waals surface area contributed by atoms with Gasteiger partial charge in [-0.3, -0.25) is 4.55 Å². The van der Waals surface area contributed by atoms with Crippen LogP contribution >= 0.6 is 0 Å². The Kier molecular flexibility index (Phi) is 4.32. The fraction of sp³-hybridized carbons (Fsp3) is 0.455. The lowest BCUT2D eigenvalue weighted by Gasteiger charge is -2.11. The van der Waals surface area contributed by atoms with Gasteiger partial charge >= 0.3 is 0 Å². The van der Waals surface area contributed by atoms with E-state index < -0.39 is 16.0 Å². The number of hydrogen-bond acceptors (Lipinski definition) is 3. The van der Waals surface area contributed by atoms with Crippen molar-refractivity contribution < 1.29 is 13.0 Å². The molecular formula is C11H17NO3S. The van der Waals surface area contributed by atoms with Crippen molar-refractivity contribution in [2.45, 2.75) is 26.7 Å².